The van der Waals surface area contributed by atoms with Gasteiger partial charge in [0.15, 0.2) is 17.5 Å². The molecule has 2 aliphatic rings. The lowest BCUT2D eigenvalue weighted by Gasteiger charge is -2.19. The highest BCUT2D eigenvalue weighted by Gasteiger charge is 2.38. The number of para-hydroxylation sites is 1. The van der Waals surface area contributed by atoms with Crippen LogP contribution in [0.15, 0.2) is 182 Å². The van der Waals surface area contributed by atoms with Crippen molar-refractivity contribution >= 4 is 40.3 Å². The van der Waals surface area contributed by atoms with Crippen molar-refractivity contribution in [3.05, 3.63) is 182 Å². The summed E-state index contributed by atoms with van der Waals surface area (Å²) in [6, 6.07) is 66.1. The molecule has 10 aromatic rings. The van der Waals surface area contributed by atoms with Crippen LogP contribution in [-0.2, 0) is 0 Å². The Bertz CT molecular complexity index is 3250. The molecule has 0 atom stereocenters. The Morgan fingerprint density at radius 1 is 0.345 bits per heavy atom. The second-order valence-electron chi connectivity index (χ2n) is 16.1. The van der Waals surface area contributed by atoms with Crippen LogP contribution in [0.3, 0.4) is 0 Å². The molecule has 2 aromatic heterocycles. The van der Waals surface area contributed by atoms with Crippen LogP contribution in [0.1, 0.15) is 0 Å². The van der Waals surface area contributed by atoms with E-state index < -0.39 is 8.07 Å². The van der Waals surface area contributed by atoms with E-state index in [1.165, 1.54) is 43.3 Å². The van der Waals surface area contributed by atoms with Crippen LogP contribution in [0.4, 0.5) is 0 Å². The smallest absolute Gasteiger partial charge is 0.164 e. The summed E-state index contributed by atoms with van der Waals surface area (Å²) in [5, 5.41) is 5.50. The van der Waals surface area contributed by atoms with Crippen LogP contribution in [0, 0.1) is 0 Å². The molecule has 2 aliphatic heterocycles. The quantitative estimate of drug-likeness (QED) is 0.169. The third kappa shape index (κ3) is 5.03. The van der Waals surface area contributed by atoms with Crippen molar-refractivity contribution in [2.45, 2.75) is 13.1 Å². The van der Waals surface area contributed by atoms with Gasteiger partial charge in [0, 0.05) is 33.2 Å². The van der Waals surface area contributed by atoms with Crippen molar-refractivity contribution in [3.63, 3.8) is 0 Å². The minimum atomic E-state index is -2.04. The van der Waals surface area contributed by atoms with E-state index in [2.05, 4.69) is 200 Å². The molecule has 272 valence electrons. The van der Waals surface area contributed by atoms with E-state index in [4.69, 9.17) is 15.0 Å². The molecule has 0 saturated carbocycles. The molecule has 4 heterocycles. The van der Waals surface area contributed by atoms with Crippen LogP contribution in [0.5, 0.6) is 0 Å². The highest BCUT2D eigenvalue weighted by Crippen LogP contribution is 2.40. The minimum Gasteiger partial charge on any atom is -0.309 e. The summed E-state index contributed by atoms with van der Waals surface area (Å²) in [5.74, 6) is 1.95. The number of fused-ring (bicyclic) bond motifs is 14. The summed E-state index contributed by atoms with van der Waals surface area (Å²) in [6.45, 7) is 4.98. The van der Waals surface area contributed by atoms with Crippen molar-refractivity contribution in [1.29, 1.82) is 0 Å². The molecular formula is C53H36N4Si. The van der Waals surface area contributed by atoms with Crippen LogP contribution in [0.25, 0.3) is 106 Å². The number of rotatable bonds is 3. The number of hydrogen-bond acceptors (Lipinski definition) is 3. The zero-order chi connectivity index (χ0) is 38.5. The molecule has 8 aromatic carbocycles. The van der Waals surface area contributed by atoms with Gasteiger partial charge in [0.25, 0.3) is 0 Å². The van der Waals surface area contributed by atoms with E-state index in [-0.39, 0.29) is 0 Å². The van der Waals surface area contributed by atoms with Gasteiger partial charge < -0.3 is 4.57 Å². The second kappa shape index (κ2) is 12.4. The first-order valence-corrected chi connectivity index (χ1v) is 22.9. The van der Waals surface area contributed by atoms with Gasteiger partial charge in [-0.15, -0.1) is 0 Å². The Labute approximate surface area is 337 Å². The Morgan fingerprint density at radius 2 is 0.879 bits per heavy atom. The lowest BCUT2D eigenvalue weighted by molar-refractivity contribution is 1.07. The molecule has 0 amide bonds. The Balaban J connectivity index is 1.16. The number of nitrogens with zero attached hydrogens (tertiary/aromatic N) is 4. The molecule has 4 nitrogen and oxygen atoms in total. The molecule has 0 N–H and O–H groups in total. The Kier molecular flexibility index (Phi) is 7.05. The Hall–Kier alpha value is -7.21. The third-order valence-electron chi connectivity index (χ3n) is 12.3. The van der Waals surface area contributed by atoms with Gasteiger partial charge >= 0.3 is 0 Å². The fourth-order valence-corrected chi connectivity index (χ4v) is 12.5. The molecule has 0 unspecified atom stereocenters. The van der Waals surface area contributed by atoms with Crippen molar-refractivity contribution in [2.75, 3.05) is 0 Å². The molecule has 12 rings (SSSR count). The van der Waals surface area contributed by atoms with Crippen molar-refractivity contribution < 1.29 is 0 Å². The van der Waals surface area contributed by atoms with Gasteiger partial charge in [0.2, 0.25) is 0 Å². The fraction of sp³-hybridized carbons (Fsp3) is 0.0377. The maximum atomic E-state index is 5.34. The predicted octanol–water partition coefficient (Wildman–Crippen LogP) is 12.1. The van der Waals surface area contributed by atoms with E-state index in [1.807, 2.05) is 0 Å². The van der Waals surface area contributed by atoms with Crippen LogP contribution < -0.4 is 10.4 Å². The van der Waals surface area contributed by atoms with Gasteiger partial charge in [-0.1, -0.05) is 140 Å². The highest BCUT2D eigenvalue weighted by atomic mass is 28.3. The van der Waals surface area contributed by atoms with Crippen LogP contribution in [0.2, 0.25) is 13.1 Å². The zero-order valence-corrected chi connectivity index (χ0v) is 33.1. The topological polar surface area (TPSA) is 43.6 Å². The lowest BCUT2D eigenvalue weighted by Crippen LogP contribution is -2.49. The summed E-state index contributed by atoms with van der Waals surface area (Å²) < 4.78 is 2.45. The number of benzene rings is 8. The highest BCUT2D eigenvalue weighted by molar-refractivity contribution is 7.04. The SMILES string of the molecule is C[Si]1(C)c2ccc3cc2-c2cc4c(cc21)c1ccccc1n4-c1cccc(c1)-c1cccc(c1)-c1nc(-c2cc(-c4ccccc4)cc(-c4ccccc4)c2)nc-3n1. The van der Waals surface area contributed by atoms with E-state index >= 15 is 0 Å². The van der Waals surface area contributed by atoms with Gasteiger partial charge in [0.05, 0.1) is 11.0 Å². The normalized spacial score (nSPS) is 13.1. The molecule has 5 heteroatoms. The first-order chi connectivity index (χ1) is 28.5. The maximum Gasteiger partial charge on any atom is 0.164 e. The maximum absolute atomic E-state index is 5.34. The largest absolute Gasteiger partial charge is 0.309 e. The van der Waals surface area contributed by atoms with Gasteiger partial charge in [-0.05, 0) is 109 Å². The van der Waals surface area contributed by atoms with Crippen molar-refractivity contribution in [3.8, 4) is 84.4 Å². The standard InChI is InChI=1S/C53H36N4Si/c1-58(2)49-24-23-38-30-45(49)46-31-48-44(32-50(46)58)43-21-9-10-22-47(43)57(48)42-20-12-18-36(29-42)35-17-11-19-37(25-35)51-54-52(38)56-53(55-51)41-27-39(33-13-5-3-6-14-33)26-40(28-41)34-15-7-4-8-16-34/h3-32H,1-2H3. The first-order valence-electron chi connectivity index (χ1n) is 19.9. The molecule has 0 saturated heterocycles. The van der Waals surface area contributed by atoms with Gasteiger partial charge in [-0.25, -0.2) is 15.0 Å². The van der Waals surface area contributed by atoms with E-state index in [0.29, 0.717) is 17.5 Å². The molecule has 0 radical (unpaired) electrons. The van der Waals surface area contributed by atoms with E-state index in [0.717, 1.165) is 55.8 Å². The van der Waals surface area contributed by atoms with Crippen LogP contribution in [-0.4, -0.2) is 27.6 Å². The number of aromatic nitrogens is 4. The van der Waals surface area contributed by atoms with Crippen LogP contribution >= 0.6 is 0 Å². The molecule has 0 fully saturated rings. The van der Waals surface area contributed by atoms with Crippen molar-refractivity contribution in [1.82, 2.24) is 19.5 Å². The first kappa shape index (κ1) is 33.0. The van der Waals surface area contributed by atoms with Crippen molar-refractivity contribution in [2.24, 2.45) is 0 Å². The minimum absolute atomic E-state index is 0.644. The lowest BCUT2D eigenvalue weighted by atomic mass is 9.95. The molecule has 58 heavy (non-hydrogen) atoms. The predicted molar refractivity (Wildman–Crippen MR) is 243 cm³/mol. The average molecular weight is 757 g/mol. The fourth-order valence-electron chi connectivity index (χ4n) is 9.41. The van der Waals surface area contributed by atoms with Gasteiger partial charge in [0.1, 0.15) is 8.07 Å². The average Bonchev–Trinajstić information content (AvgIpc) is 3.73. The van der Waals surface area contributed by atoms with E-state index in [1.54, 1.807) is 0 Å². The van der Waals surface area contributed by atoms with Gasteiger partial charge in [-0.2, -0.15) is 0 Å². The van der Waals surface area contributed by atoms with Gasteiger partial charge in [-0.3, -0.25) is 0 Å². The van der Waals surface area contributed by atoms with E-state index in [9.17, 15) is 0 Å². The second-order valence-corrected chi connectivity index (χ2v) is 20.4. The number of hydrogen-bond donors (Lipinski definition) is 0. The molecule has 10 bridgehead atoms. The Morgan fingerprint density at radius 3 is 1.60 bits per heavy atom. The third-order valence-corrected chi connectivity index (χ3v) is 15.9. The summed E-state index contributed by atoms with van der Waals surface area (Å²) in [5.41, 5.74) is 15.8. The monoisotopic (exact) mass is 756 g/mol. The molecule has 0 aliphatic carbocycles. The molecule has 0 spiro atoms. The zero-order valence-electron chi connectivity index (χ0n) is 32.1. The molecular weight excluding hydrogens is 721 g/mol. The summed E-state index contributed by atoms with van der Waals surface area (Å²) in [6.07, 6.45) is 0. The summed E-state index contributed by atoms with van der Waals surface area (Å²) in [7, 11) is -2.04. The summed E-state index contributed by atoms with van der Waals surface area (Å²) >= 11 is 0. The summed E-state index contributed by atoms with van der Waals surface area (Å²) in [4.78, 5) is 15.9.